The Morgan fingerprint density at radius 1 is 1.04 bits per heavy atom. The summed E-state index contributed by atoms with van der Waals surface area (Å²) >= 11 is 0. The number of benzene rings is 3. The van der Waals surface area contributed by atoms with Crippen LogP contribution in [0, 0.1) is 0 Å². The minimum Gasteiger partial charge on any atom is -0.490 e. The predicted octanol–water partition coefficient (Wildman–Crippen LogP) is 5.33. The van der Waals surface area contributed by atoms with E-state index in [9.17, 15) is 0 Å². The highest BCUT2D eigenvalue weighted by atomic mass is 16.6. The van der Waals surface area contributed by atoms with Crippen LogP contribution < -0.4 is 9.47 Å². The Balaban J connectivity index is 1.31. The highest BCUT2D eigenvalue weighted by molar-refractivity contribution is 5.95. The standard InChI is InChI=1S/C24H24N2O2/c1-24(2,3)18-8-10-19(11-9-18)27-15-20-14-26-22-13-17-7-5-4-6-16(17)12-21(22)25-23(26)28-20/h4-13,20H,14-15H2,1-3H3/t20-/m0/s1. The van der Waals surface area contributed by atoms with Gasteiger partial charge in [-0.05, 0) is 46.0 Å². The van der Waals surface area contributed by atoms with E-state index in [4.69, 9.17) is 9.47 Å². The van der Waals surface area contributed by atoms with Crippen molar-refractivity contribution in [2.75, 3.05) is 6.61 Å². The molecule has 0 N–H and O–H groups in total. The largest absolute Gasteiger partial charge is 0.490 e. The average Bonchev–Trinajstić information content (AvgIpc) is 3.21. The summed E-state index contributed by atoms with van der Waals surface area (Å²) in [7, 11) is 0. The van der Waals surface area contributed by atoms with Gasteiger partial charge in [0.25, 0.3) is 6.01 Å². The van der Waals surface area contributed by atoms with E-state index in [-0.39, 0.29) is 11.5 Å². The summed E-state index contributed by atoms with van der Waals surface area (Å²) in [6, 6.07) is 21.7. The second kappa shape index (κ2) is 6.26. The Kier molecular flexibility index (Phi) is 3.83. The SMILES string of the molecule is CC(C)(C)c1ccc(OC[C@@H]2Cn3c(nc4cc5ccccc5cc43)O2)cc1. The van der Waals surface area contributed by atoms with Crippen molar-refractivity contribution < 1.29 is 9.47 Å². The Bertz CT molecular complexity index is 1150. The molecule has 1 aliphatic heterocycles. The molecule has 0 bridgehead atoms. The van der Waals surface area contributed by atoms with Crippen molar-refractivity contribution in [1.29, 1.82) is 0 Å². The monoisotopic (exact) mass is 372 g/mol. The molecule has 5 rings (SSSR count). The lowest BCUT2D eigenvalue weighted by atomic mass is 9.87. The Labute approximate surface area is 164 Å². The van der Waals surface area contributed by atoms with Crippen molar-refractivity contribution in [2.24, 2.45) is 0 Å². The van der Waals surface area contributed by atoms with Crippen molar-refractivity contribution in [3.63, 3.8) is 0 Å². The zero-order valence-corrected chi connectivity index (χ0v) is 16.5. The summed E-state index contributed by atoms with van der Waals surface area (Å²) in [6.45, 7) is 7.90. The minimum atomic E-state index is -0.0272. The van der Waals surface area contributed by atoms with Crippen LogP contribution in [-0.2, 0) is 12.0 Å². The van der Waals surface area contributed by atoms with Gasteiger partial charge in [0, 0.05) is 0 Å². The van der Waals surface area contributed by atoms with E-state index < -0.39 is 0 Å². The molecule has 0 saturated heterocycles. The van der Waals surface area contributed by atoms with E-state index in [0.29, 0.717) is 12.6 Å². The molecule has 0 fully saturated rings. The van der Waals surface area contributed by atoms with E-state index in [1.807, 2.05) is 12.1 Å². The van der Waals surface area contributed by atoms with Gasteiger partial charge in [0.15, 0.2) is 6.10 Å². The molecule has 4 nitrogen and oxygen atoms in total. The number of ether oxygens (including phenoxy) is 2. The molecule has 3 aromatic carbocycles. The van der Waals surface area contributed by atoms with Crippen LogP contribution in [0.25, 0.3) is 21.8 Å². The third-order valence-corrected chi connectivity index (χ3v) is 5.40. The summed E-state index contributed by atoms with van der Waals surface area (Å²) in [5, 5.41) is 2.42. The third kappa shape index (κ3) is 2.99. The first-order chi connectivity index (χ1) is 13.5. The summed E-state index contributed by atoms with van der Waals surface area (Å²) < 4.78 is 14.2. The molecule has 0 amide bonds. The van der Waals surface area contributed by atoms with E-state index >= 15 is 0 Å². The van der Waals surface area contributed by atoms with Gasteiger partial charge in [-0.25, -0.2) is 0 Å². The van der Waals surface area contributed by atoms with Crippen molar-refractivity contribution in [2.45, 2.75) is 38.8 Å². The first kappa shape index (κ1) is 17.1. The van der Waals surface area contributed by atoms with Gasteiger partial charge in [0.2, 0.25) is 0 Å². The highest BCUT2D eigenvalue weighted by Crippen LogP contribution is 2.31. The van der Waals surface area contributed by atoms with E-state index in [1.54, 1.807) is 0 Å². The minimum absolute atomic E-state index is 0.0272. The number of fused-ring (bicyclic) bond motifs is 4. The second-order valence-corrected chi connectivity index (χ2v) is 8.52. The van der Waals surface area contributed by atoms with Crippen LogP contribution in [0.3, 0.4) is 0 Å². The van der Waals surface area contributed by atoms with Crippen LogP contribution in [0.4, 0.5) is 0 Å². The number of nitrogens with zero attached hydrogens (tertiary/aromatic N) is 2. The summed E-state index contributed by atoms with van der Waals surface area (Å²) in [4.78, 5) is 4.67. The third-order valence-electron chi connectivity index (χ3n) is 5.40. The van der Waals surface area contributed by atoms with E-state index in [0.717, 1.165) is 23.3 Å². The van der Waals surface area contributed by atoms with Crippen molar-refractivity contribution >= 4 is 21.8 Å². The maximum absolute atomic E-state index is 6.05. The van der Waals surface area contributed by atoms with Crippen molar-refractivity contribution in [3.05, 3.63) is 66.2 Å². The molecular weight excluding hydrogens is 348 g/mol. The molecule has 1 atom stereocenters. The molecule has 2 heterocycles. The molecule has 4 aromatic rings. The fourth-order valence-corrected chi connectivity index (χ4v) is 3.77. The molecule has 28 heavy (non-hydrogen) atoms. The number of hydrogen-bond donors (Lipinski definition) is 0. The van der Waals surface area contributed by atoms with Gasteiger partial charge < -0.3 is 9.47 Å². The number of imidazole rings is 1. The average molecular weight is 372 g/mol. The lowest BCUT2D eigenvalue weighted by molar-refractivity contribution is 0.144. The van der Waals surface area contributed by atoms with Crippen LogP contribution in [0.15, 0.2) is 60.7 Å². The maximum atomic E-state index is 6.05. The second-order valence-electron chi connectivity index (χ2n) is 8.52. The highest BCUT2D eigenvalue weighted by Gasteiger charge is 2.27. The quantitative estimate of drug-likeness (QED) is 0.488. The maximum Gasteiger partial charge on any atom is 0.297 e. The topological polar surface area (TPSA) is 36.3 Å². The van der Waals surface area contributed by atoms with E-state index in [1.165, 1.54) is 16.3 Å². The molecule has 142 valence electrons. The summed E-state index contributed by atoms with van der Waals surface area (Å²) in [6.07, 6.45) is -0.0272. The molecule has 0 radical (unpaired) electrons. The summed E-state index contributed by atoms with van der Waals surface area (Å²) in [5.41, 5.74) is 3.54. The molecule has 4 heteroatoms. The fourth-order valence-electron chi connectivity index (χ4n) is 3.77. The van der Waals surface area contributed by atoms with Gasteiger partial charge >= 0.3 is 0 Å². The van der Waals surface area contributed by atoms with Crippen molar-refractivity contribution in [1.82, 2.24) is 9.55 Å². The lowest BCUT2D eigenvalue weighted by Gasteiger charge is -2.19. The van der Waals surface area contributed by atoms with Gasteiger partial charge in [0.05, 0.1) is 17.6 Å². The molecule has 0 saturated carbocycles. The molecule has 0 spiro atoms. The van der Waals surface area contributed by atoms with Gasteiger partial charge in [-0.1, -0.05) is 57.2 Å². The van der Waals surface area contributed by atoms with E-state index in [2.05, 4.69) is 78.9 Å². The lowest BCUT2D eigenvalue weighted by Crippen LogP contribution is -2.23. The molecule has 0 unspecified atom stereocenters. The van der Waals surface area contributed by atoms with Crippen LogP contribution >= 0.6 is 0 Å². The summed E-state index contributed by atoms with van der Waals surface area (Å²) in [5.74, 6) is 0.872. The van der Waals surface area contributed by atoms with Crippen molar-refractivity contribution in [3.8, 4) is 11.8 Å². The predicted molar refractivity (Wildman–Crippen MR) is 112 cm³/mol. The molecule has 1 aliphatic rings. The number of rotatable bonds is 3. The van der Waals surface area contributed by atoms with Crippen LogP contribution in [0.5, 0.6) is 11.8 Å². The number of aromatic nitrogens is 2. The van der Waals surface area contributed by atoms with Crippen LogP contribution in [0.1, 0.15) is 26.3 Å². The normalized spacial score (nSPS) is 16.3. The Morgan fingerprint density at radius 2 is 1.75 bits per heavy atom. The smallest absolute Gasteiger partial charge is 0.297 e. The number of hydrogen-bond acceptors (Lipinski definition) is 3. The zero-order valence-electron chi connectivity index (χ0n) is 16.5. The van der Waals surface area contributed by atoms with Gasteiger partial charge in [-0.15, -0.1) is 0 Å². The fraction of sp³-hybridized carbons (Fsp3) is 0.292. The van der Waals surface area contributed by atoms with Crippen LogP contribution in [-0.4, -0.2) is 22.3 Å². The molecular formula is C24H24N2O2. The van der Waals surface area contributed by atoms with Gasteiger partial charge in [0.1, 0.15) is 12.4 Å². The van der Waals surface area contributed by atoms with Gasteiger partial charge in [-0.2, -0.15) is 4.98 Å². The Morgan fingerprint density at radius 3 is 2.46 bits per heavy atom. The first-order valence-corrected chi connectivity index (χ1v) is 9.76. The van der Waals surface area contributed by atoms with Crippen LogP contribution in [0.2, 0.25) is 0 Å². The molecule has 1 aromatic heterocycles. The Hall–Kier alpha value is -3.01. The first-order valence-electron chi connectivity index (χ1n) is 9.76. The zero-order chi connectivity index (χ0) is 19.3. The van der Waals surface area contributed by atoms with Gasteiger partial charge in [-0.3, -0.25) is 4.57 Å². The molecule has 0 aliphatic carbocycles.